The Kier molecular flexibility index (Phi) is 9.79. The standard InChI is InChI=1S/C34H38N4O4S4/c1-5-6-7-8-9-22-10-11-26(43-22)27-14-15-30(45-27)31-17-16-29(46-31)28-13-12-25(44-28)23-20-38(36-35-23)21-18-24(32(39)40)37(19-21)33(41)42-34(2,3)4/h10-17,20-21,24H,5-9,18-19H2,1-4H3,(H,39,40)/t21-,24-/m0/s1. The van der Waals surface area contributed by atoms with Crippen molar-refractivity contribution in [1.82, 2.24) is 19.9 Å². The fourth-order valence-electron chi connectivity index (χ4n) is 5.51. The summed E-state index contributed by atoms with van der Waals surface area (Å²) in [4.78, 5) is 36.0. The molecule has 8 nitrogen and oxygen atoms in total. The quantitative estimate of drug-likeness (QED) is 0.138. The summed E-state index contributed by atoms with van der Waals surface area (Å²) >= 11 is 7.22. The highest BCUT2D eigenvalue weighted by atomic mass is 32.1. The number of thiophene rings is 4. The number of rotatable bonds is 11. The van der Waals surface area contributed by atoms with Gasteiger partial charge in [0.25, 0.3) is 0 Å². The zero-order valence-corrected chi connectivity index (χ0v) is 29.7. The summed E-state index contributed by atoms with van der Waals surface area (Å²) in [7, 11) is 0. The van der Waals surface area contributed by atoms with Crippen LogP contribution in [0.2, 0.25) is 0 Å². The van der Waals surface area contributed by atoms with Crippen LogP contribution in [-0.4, -0.2) is 55.3 Å². The van der Waals surface area contributed by atoms with E-state index in [9.17, 15) is 14.7 Å². The molecule has 5 aromatic heterocycles. The molecule has 0 bridgehead atoms. The zero-order chi connectivity index (χ0) is 32.4. The molecule has 0 radical (unpaired) electrons. The lowest BCUT2D eigenvalue weighted by Gasteiger charge is -2.26. The van der Waals surface area contributed by atoms with Crippen molar-refractivity contribution in [3.63, 3.8) is 0 Å². The highest BCUT2D eigenvalue weighted by Crippen LogP contribution is 2.44. The molecule has 1 amide bonds. The van der Waals surface area contributed by atoms with Crippen LogP contribution in [0, 0.1) is 0 Å². The smallest absolute Gasteiger partial charge is 0.411 e. The molecule has 46 heavy (non-hydrogen) atoms. The monoisotopic (exact) mass is 694 g/mol. The van der Waals surface area contributed by atoms with Crippen molar-refractivity contribution >= 4 is 57.4 Å². The Bertz CT molecular complexity index is 1810. The van der Waals surface area contributed by atoms with Crippen molar-refractivity contribution in [2.24, 2.45) is 0 Å². The molecule has 0 spiro atoms. The van der Waals surface area contributed by atoms with E-state index in [1.165, 1.54) is 66.3 Å². The molecular weight excluding hydrogens is 657 g/mol. The second-order valence-electron chi connectivity index (χ2n) is 12.5. The Morgan fingerprint density at radius 1 is 0.848 bits per heavy atom. The number of aliphatic carboxylic acids is 1. The summed E-state index contributed by atoms with van der Waals surface area (Å²) in [6.07, 6.45) is 7.79. The van der Waals surface area contributed by atoms with E-state index < -0.39 is 23.7 Å². The van der Waals surface area contributed by atoms with Gasteiger partial charge in [0, 0.05) is 47.1 Å². The molecule has 2 atom stereocenters. The Balaban J connectivity index is 1.11. The molecule has 1 aliphatic rings. The fraction of sp³-hybridized carbons (Fsp3) is 0.412. The third-order valence-corrected chi connectivity index (χ3v) is 12.8. The molecule has 0 aliphatic carbocycles. The van der Waals surface area contributed by atoms with Crippen LogP contribution < -0.4 is 0 Å². The van der Waals surface area contributed by atoms with Gasteiger partial charge in [-0.25, -0.2) is 14.3 Å². The highest BCUT2D eigenvalue weighted by molar-refractivity contribution is 7.29. The number of hydrogen-bond donors (Lipinski definition) is 1. The minimum Gasteiger partial charge on any atom is -0.480 e. The van der Waals surface area contributed by atoms with E-state index in [4.69, 9.17) is 4.74 Å². The van der Waals surface area contributed by atoms with E-state index in [2.05, 4.69) is 65.8 Å². The van der Waals surface area contributed by atoms with Gasteiger partial charge in [0.1, 0.15) is 17.3 Å². The van der Waals surface area contributed by atoms with Gasteiger partial charge in [0.2, 0.25) is 0 Å². The van der Waals surface area contributed by atoms with Gasteiger partial charge in [-0.2, -0.15) is 0 Å². The fourth-order valence-corrected chi connectivity index (χ4v) is 9.80. The molecule has 1 saturated heterocycles. The summed E-state index contributed by atoms with van der Waals surface area (Å²) in [5, 5.41) is 18.5. The van der Waals surface area contributed by atoms with Crippen LogP contribution >= 0.6 is 45.3 Å². The lowest BCUT2D eigenvalue weighted by Crippen LogP contribution is -2.43. The molecule has 1 fully saturated rings. The summed E-state index contributed by atoms with van der Waals surface area (Å²) in [5.74, 6) is -1.06. The van der Waals surface area contributed by atoms with E-state index in [1.54, 1.807) is 48.1 Å². The van der Waals surface area contributed by atoms with Gasteiger partial charge in [-0.3, -0.25) is 4.90 Å². The predicted octanol–water partition coefficient (Wildman–Crippen LogP) is 9.95. The molecule has 0 aromatic carbocycles. The second kappa shape index (κ2) is 13.8. The van der Waals surface area contributed by atoms with Gasteiger partial charge >= 0.3 is 12.1 Å². The Labute approximate surface area is 285 Å². The van der Waals surface area contributed by atoms with Crippen LogP contribution in [0.15, 0.2) is 54.7 Å². The first-order valence-corrected chi connectivity index (χ1v) is 18.9. The number of hydrogen-bond acceptors (Lipinski definition) is 9. The maximum atomic E-state index is 12.7. The Hall–Kier alpha value is -3.32. The van der Waals surface area contributed by atoms with Crippen molar-refractivity contribution in [3.8, 4) is 39.8 Å². The van der Waals surface area contributed by atoms with Gasteiger partial charge in [-0.1, -0.05) is 31.4 Å². The van der Waals surface area contributed by atoms with Crippen molar-refractivity contribution < 1.29 is 19.4 Å². The number of carbonyl (C=O) groups is 2. The van der Waals surface area contributed by atoms with Gasteiger partial charge in [-0.15, -0.1) is 50.4 Å². The Morgan fingerprint density at radius 2 is 1.41 bits per heavy atom. The first-order valence-electron chi connectivity index (χ1n) is 15.6. The SMILES string of the molecule is CCCCCCc1ccc(-c2ccc(-c3ccc(-c4ccc(-c5cn([C@H]6C[C@@H](C(=O)O)N(C(=O)OC(C)(C)C)C6)nn5)s4)s3)s2)s1. The number of amides is 1. The summed E-state index contributed by atoms with van der Waals surface area (Å²) in [6.45, 7) is 7.74. The lowest BCUT2D eigenvalue weighted by molar-refractivity contribution is -0.142. The number of ether oxygens (including phenoxy) is 1. The number of carboxylic acid groups (broad SMARTS) is 1. The summed E-state index contributed by atoms with van der Waals surface area (Å²) < 4.78 is 7.13. The molecule has 6 heterocycles. The van der Waals surface area contributed by atoms with Crippen LogP contribution in [0.3, 0.4) is 0 Å². The molecule has 5 aromatic rings. The van der Waals surface area contributed by atoms with Crippen molar-refractivity contribution in [2.45, 2.75) is 83.9 Å². The van der Waals surface area contributed by atoms with Gasteiger partial charge in [0.15, 0.2) is 0 Å². The first-order chi connectivity index (χ1) is 22.1. The number of carbonyl (C=O) groups excluding carboxylic acids is 1. The second-order valence-corrected chi connectivity index (χ2v) is 16.9. The van der Waals surface area contributed by atoms with Crippen LogP contribution in [-0.2, 0) is 16.0 Å². The molecule has 6 rings (SSSR count). The molecule has 0 unspecified atom stereocenters. The largest absolute Gasteiger partial charge is 0.480 e. The number of nitrogens with zero attached hydrogens (tertiary/aromatic N) is 4. The van der Waals surface area contributed by atoms with Crippen LogP contribution in [0.25, 0.3) is 39.8 Å². The Morgan fingerprint density at radius 3 is 2.00 bits per heavy atom. The van der Waals surface area contributed by atoms with Gasteiger partial charge in [0.05, 0.1) is 17.1 Å². The summed E-state index contributed by atoms with van der Waals surface area (Å²) in [6, 6.07) is 16.3. The minimum atomic E-state index is -1.06. The van der Waals surface area contributed by atoms with E-state index in [0.717, 1.165) is 15.4 Å². The lowest BCUT2D eigenvalue weighted by atomic mass is 10.1. The topological polar surface area (TPSA) is 97.6 Å². The average molecular weight is 695 g/mol. The van der Waals surface area contributed by atoms with Crippen LogP contribution in [0.1, 0.15) is 70.7 Å². The maximum Gasteiger partial charge on any atom is 0.411 e. The number of unbranched alkanes of at least 4 members (excludes halogenated alkanes) is 3. The van der Waals surface area contributed by atoms with E-state index in [0.29, 0.717) is 0 Å². The van der Waals surface area contributed by atoms with Crippen molar-refractivity contribution in [1.29, 1.82) is 0 Å². The third-order valence-electron chi connectivity index (χ3n) is 7.81. The molecule has 1 N–H and O–H groups in total. The molecular formula is C34H38N4O4S4. The molecule has 1 aliphatic heterocycles. The van der Waals surface area contributed by atoms with Crippen molar-refractivity contribution in [2.75, 3.05) is 6.54 Å². The van der Waals surface area contributed by atoms with Gasteiger partial charge in [-0.05, 0) is 82.1 Å². The molecule has 12 heteroatoms. The van der Waals surface area contributed by atoms with Crippen LogP contribution in [0.5, 0.6) is 0 Å². The van der Waals surface area contributed by atoms with Crippen molar-refractivity contribution in [3.05, 3.63) is 59.6 Å². The number of aryl methyl sites for hydroxylation is 1. The summed E-state index contributed by atoms with van der Waals surface area (Å²) in [5.41, 5.74) is 0.00643. The first kappa shape index (κ1) is 32.6. The van der Waals surface area contributed by atoms with E-state index in [1.807, 2.05) is 28.9 Å². The molecule has 242 valence electrons. The maximum absolute atomic E-state index is 12.7. The highest BCUT2D eigenvalue weighted by Gasteiger charge is 2.42. The van der Waals surface area contributed by atoms with E-state index >= 15 is 0 Å². The predicted molar refractivity (Wildman–Crippen MR) is 189 cm³/mol. The number of likely N-dealkylation sites (tertiary alicyclic amines) is 1. The zero-order valence-electron chi connectivity index (χ0n) is 26.4. The third kappa shape index (κ3) is 7.46. The molecule has 0 saturated carbocycles. The number of aromatic nitrogens is 3. The van der Waals surface area contributed by atoms with Gasteiger partial charge < -0.3 is 9.84 Å². The van der Waals surface area contributed by atoms with Crippen LogP contribution in [0.4, 0.5) is 4.79 Å². The normalized spacial score (nSPS) is 16.7. The average Bonchev–Trinajstić information content (AvgIpc) is 3.85. The number of carboxylic acids is 1. The minimum absolute atomic E-state index is 0.194. The van der Waals surface area contributed by atoms with E-state index in [-0.39, 0.29) is 19.0 Å².